The van der Waals surface area contributed by atoms with Crippen LogP contribution in [0.3, 0.4) is 0 Å². The number of aryl methyl sites for hydroxylation is 2. The molecule has 0 radical (unpaired) electrons. The van der Waals surface area contributed by atoms with Gasteiger partial charge in [-0.15, -0.1) is 0 Å². The molecule has 0 amide bonds. The van der Waals surface area contributed by atoms with E-state index in [0.717, 1.165) is 35.6 Å². The van der Waals surface area contributed by atoms with E-state index in [2.05, 4.69) is 29.5 Å². The molecule has 0 aliphatic rings. The van der Waals surface area contributed by atoms with Gasteiger partial charge in [-0.25, -0.2) is 0 Å². The highest BCUT2D eigenvalue weighted by atomic mass is 35.5. The fourth-order valence-corrected chi connectivity index (χ4v) is 3.26. The first-order valence-corrected chi connectivity index (χ1v) is 9.38. The monoisotopic (exact) mass is 366 g/mol. The van der Waals surface area contributed by atoms with Gasteiger partial charge >= 0.3 is 11.3 Å². The predicted octanol–water partition coefficient (Wildman–Crippen LogP) is 4.87. The molecule has 2 aromatic carbocycles. The lowest BCUT2D eigenvalue weighted by atomic mass is 10.1. The molecule has 0 aromatic heterocycles. The molecular formula is C18H23ClN2O2S. The van der Waals surface area contributed by atoms with Gasteiger partial charge in [0.05, 0.1) is 5.69 Å². The maximum atomic E-state index is 12.2. The fourth-order valence-electron chi connectivity index (χ4n) is 2.41. The van der Waals surface area contributed by atoms with Crippen LogP contribution >= 0.6 is 11.6 Å². The topological polar surface area (TPSA) is 41.6 Å². The normalized spacial score (nSPS) is 11.9. The minimum atomic E-state index is -1.67. The molecule has 2 rings (SSSR count). The average Bonchev–Trinajstić information content (AvgIpc) is 2.54. The first-order valence-electron chi connectivity index (χ1n) is 7.93. The van der Waals surface area contributed by atoms with E-state index in [4.69, 9.17) is 15.8 Å². The zero-order chi connectivity index (χ0) is 17.7. The number of nitrogens with one attached hydrogen (secondary N) is 1. The standard InChI is InChI=1S/C18H23ClN2O2S/c1-5-21(6-2)15-7-10-18(14(4)11-15)20-24(22)23-16-8-9-17(19)13(3)12-16/h7-12,20H,5-6H2,1-4H3. The second-order valence-corrected chi connectivity index (χ2v) is 6.75. The lowest BCUT2D eigenvalue weighted by Crippen LogP contribution is -2.22. The van der Waals surface area contributed by atoms with Crippen LogP contribution in [0, 0.1) is 13.8 Å². The lowest BCUT2D eigenvalue weighted by molar-refractivity contribution is 0.567. The summed E-state index contributed by atoms with van der Waals surface area (Å²) < 4.78 is 20.5. The molecule has 0 spiro atoms. The van der Waals surface area contributed by atoms with Crippen molar-refractivity contribution in [2.45, 2.75) is 27.7 Å². The summed E-state index contributed by atoms with van der Waals surface area (Å²) in [5, 5.41) is 0.656. The van der Waals surface area contributed by atoms with E-state index in [9.17, 15) is 4.21 Å². The van der Waals surface area contributed by atoms with Gasteiger partial charge in [-0.2, -0.15) is 4.21 Å². The van der Waals surface area contributed by atoms with Crippen LogP contribution in [-0.2, 0) is 11.3 Å². The zero-order valence-corrected chi connectivity index (χ0v) is 16.0. The van der Waals surface area contributed by atoms with Gasteiger partial charge in [0.15, 0.2) is 0 Å². The van der Waals surface area contributed by atoms with Gasteiger partial charge in [-0.3, -0.25) is 4.72 Å². The SMILES string of the molecule is CCN(CC)c1ccc(NS(=O)Oc2ccc(Cl)c(C)c2)c(C)c1. The Morgan fingerprint density at radius 1 is 1.08 bits per heavy atom. The molecule has 0 saturated carbocycles. The van der Waals surface area contributed by atoms with Gasteiger partial charge < -0.3 is 9.08 Å². The Bertz CT molecular complexity index is 733. The van der Waals surface area contributed by atoms with Crippen LogP contribution in [0.15, 0.2) is 36.4 Å². The molecule has 1 N–H and O–H groups in total. The van der Waals surface area contributed by atoms with Crippen molar-refractivity contribution in [1.82, 2.24) is 0 Å². The molecule has 1 atom stereocenters. The van der Waals surface area contributed by atoms with Crippen molar-refractivity contribution < 1.29 is 8.39 Å². The van der Waals surface area contributed by atoms with Gasteiger partial charge in [-0.05, 0) is 75.2 Å². The molecule has 2 aromatic rings. The Labute approximate surface area is 151 Å². The van der Waals surface area contributed by atoms with E-state index in [0.29, 0.717) is 10.8 Å². The summed E-state index contributed by atoms with van der Waals surface area (Å²) in [4.78, 5) is 2.26. The van der Waals surface area contributed by atoms with Crippen LogP contribution in [0.1, 0.15) is 25.0 Å². The van der Waals surface area contributed by atoms with Crippen molar-refractivity contribution in [3.63, 3.8) is 0 Å². The minimum absolute atomic E-state index is 0.514. The summed E-state index contributed by atoms with van der Waals surface area (Å²) >= 11 is 4.31. The number of hydrogen-bond donors (Lipinski definition) is 1. The number of hydrogen-bond acceptors (Lipinski definition) is 3. The number of nitrogens with zero attached hydrogens (tertiary/aromatic N) is 1. The van der Waals surface area contributed by atoms with Gasteiger partial charge in [0.1, 0.15) is 5.75 Å². The molecule has 0 saturated heterocycles. The summed E-state index contributed by atoms with van der Waals surface area (Å²) in [5.74, 6) is 0.514. The summed E-state index contributed by atoms with van der Waals surface area (Å²) in [6.07, 6.45) is 0. The number of anilines is 2. The van der Waals surface area contributed by atoms with Gasteiger partial charge in [-0.1, -0.05) is 11.6 Å². The van der Waals surface area contributed by atoms with Crippen molar-refractivity contribution >= 4 is 34.2 Å². The van der Waals surface area contributed by atoms with Gasteiger partial charge in [0, 0.05) is 23.8 Å². The molecule has 130 valence electrons. The minimum Gasteiger partial charge on any atom is -0.385 e. The summed E-state index contributed by atoms with van der Waals surface area (Å²) in [6.45, 7) is 10.0. The van der Waals surface area contributed by atoms with Crippen molar-refractivity contribution in [3.05, 3.63) is 52.5 Å². The Kier molecular flexibility index (Phi) is 6.52. The second-order valence-electron chi connectivity index (χ2n) is 5.50. The van der Waals surface area contributed by atoms with Crippen molar-refractivity contribution in [2.75, 3.05) is 22.7 Å². The molecule has 24 heavy (non-hydrogen) atoms. The smallest absolute Gasteiger partial charge is 0.316 e. The van der Waals surface area contributed by atoms with Crippen molar-refractivity contribution in [3.8, 4) is 5.75 Å². The molecule has 0 heterocycles. The second kappa shape index (κ2) is 8.40. The van der Waals surface area contributed by atoms with Crippen molar-refractivity contribution in [1.29, 1.82) is 0 Å². The molecular weight excluding hydrogens is 344 g/mol. The largest absolute Gasteiger partial charge is 0.385 e. The van der Waals surface area contributed by atoms with Crippen LogP contribution in [0.25, 0.3) is 0 Å². The third-order valence-corrected chi connectivity index (χ3v) is 4.99. The van der Waals surface area contributed by atoms with Gasteiger partial charge in [0.25, 0.3) is 0 Å². The summed E-state index contributed by atoms with van der Waals surface area (Å²) in [5.41, 5.74) is 3.84. The lowest BCUT2D eigenvalue weighted by Gasteiger charge is -2.22. The van der Waals surface area contributed by atoms with Crippen LogP contribution < -0.4 is 13.8 Å². The molecule has 1 unspecified atom stereocenters. The average molecular weight is 367 g/mol. The first-order chi connectivity index (χ1) is 11.4. The Morgan fingerprint density at radius 2 is 1.79 bits per heavy atom. The third kappa shape index (κ3) is 4.65. The molecule has 6 heteroatoms. The molecule has 0 aliphatic heterocycles. The molecule has 0 aliphatic carbocycles. The van der Waals surface area contributed by atoms with Crippen LogP contribution in [0.5, 0.6) is 5.75 Å². The van der Waals surface area contributed by atoms with Crippen molar-refractivity contribution in [2.24, 2.45) is 0 Å². The van der Waals surface area contributed by atoms with Crippen LogP contribution in [0.4, 0.5) is 11.4 Å². The fraction of sp³-hybridized carbons (Fsp3) is 0.333. The van der Waals surface area contributed by atoms with E-state index < -0.39 is 11.3 Å². The predicted molar refractivity (Wildman–Crippen MR) is 103 cm³/mol. The number of rotatable bonds is 7. The van der Waals surface area contributed by atoms with E-state index in [1.165, 1.54) is 0 Å². The molecule has 0 bridgehead atoms. The van der Waals surface area contributed by atoms with E-state index >= 15 is 0 Å². The van der Waals surface area contributed by atoms with Gasteiger partial charge in [0.2, 0.25) is 0 Å². The first kappa shape index (κ1) is 18.6. The highest BCUT2D eigenvalue weighted by Crippen LogP contribution is 2.25. The zero-order valence-electron chi connectivity index (χ0n) is 14.4. The van der Waals surface area contributed by atoms with E-state index in [-0.39, 0.29) is 0 Å². The Hall–Kier alpha value is -1.72. The highest BCUT2D eigenvalue weighted by molar-refractivity contribution is 7.82. The number of benzene rings is 2. The molecule has 4 nitrogen and oxygen atoms in total. The highest BCUT2D eigenvalue weighted by Gasteiger charge is 2.09. The maximum absolute atomic E-state index is 12.2. The quantitative estimate of drug-likeness (QED) is 0.759. The Balaban J connectivity index is 2.07. The van der Waals surface area contributed by atoms with E-state index in [1.807, 2.05) is 26.0 Å². The van der Waals surface area contributed by atoms with E-state index in [1.54, 1.807) is 18.2 Å². The van der Waals surface area contributed by atoms with Crippen LogP contribution in [-0.4, -0.2) is 17.3 Å². The Morgan fingerprint density at radius 3 is 2.38 bits per heavy atom. The third-order valence-electron chi connectivity index (χ3n) is 3.83. The number of halogens is 1. The maximum Gasteiger partial charge on any atom is 0.316 e. The summed E-state index contributed by atoms with van der Waals surface area (Å²) in [6, 6.07) is 11.2. The van der Waals surface area contributed by atoms with Crippen LogP contribution in [0.2, 0.25) is 5.02 Å². The molecule has 0 fully saturated rings. The summed E-state index contributed by atoms with van der Waals surface area (Å²) in [7, 11) is 0.